The highest BCUT2D eigenvalue weighted by molar-refractivity contribution is 7.89. The molecule has 0 aliphatic heterocycles. The Morgan fingerprint density at radius 3 is 2.90 bits per heavy atom. The molecule has 0 unspecified atom stereocenters. The van der Waals surface area contributed by atoms with Crippen molar-refractivity contribution < 1.29 is 8.42 Å². The number of nitrogens with two attached hydrogens (primary N) is 1. The Bertz CT molecular complexity index is 660. The molecule has 0 fully saturated rings. The van der Waals surface area contributed by atoms with E-state index in [0.29, 0.717) is 13.1 Å². The number of sulfonamides is 1. The van der Waals surface area contributed by atoms with Crippen LogP contribution in [0.3, 0.4) is 0 Å². The van der Waals surface area contributed by atoms with Crippen molar-refractivity contribution in [3.63, 3.8) is 0 Å². The van der Waals surface area contributed by atoms with Gasteiger partial charge in [0.2, 0.25) is 10.0 Å². The standard InChI is InChI=1S/C11H18N6O2S/c1-9-10(5-13-16-9)6-15-20(18,19)11-7-14-17(8-11)4-2-3-12/h5,7-8,15H,2-4,6,12H2,1H3,(H,13,16). The molecule has 0 atom stereocenters. The van der Waals surface area contributed by atoms with Gasteiger partial charge in [0, 0.05) is 30.5 Å². The van der Waals surface area contributed by atoms with E-state index < -0.39 is 10.0 Å². The molecule has 0 amide bonds. The Morgan fingerprint density at radius 1 is 1.45 bits per heavy atom. The van der Waals surface area contributed by atoms with E-state index in [2.05, 4.69) is 20.0 Å². The second kappa shape index (κ2) is 6.16. The fourth-order valence-electron chi connectivity index (χ4n) is 1.67. The van der Waals surface area contributed by atoms with Crippen molar-refractivity contribution in [1.29, 1.82) is 0 Å². The van der Waals surface area contributed by atoms with E-state index in [1.54, 1.807) is 10.9 Å². The zero-order valence-electron chi connectivity index (χ0n) is 11.2. The molecule has 0 bridgehead atoms. The van der Waals surface area contributed by atoms with E-state index in [4.69, 9.17) is 5.73 Å². The van der Waals surface area contributed by atoms with Crippen LogP contribution in [0.4, 0.5) is 0 Å². The number of rotatable bonds is 7. The first-order valence-corrected chi connectivity index (χ1v) is 7.72. The third-order valence-corrected chi connectivity index (χ3v) is 4.25. The summed E-state index contributed by atoms with van der Waals surface area (Å²) >= 11 is 0. The summed E-state index contributed by atoms with van der Waals surface area (Å²) in [4.78, 5) is 0.149. The maximum absolute atomic E-state index is 12.1. The van der Waals surface area contributed by atoms with Gasteiger partial charge in [0.15, 0.2) is 0 Å². The van der Waals surface area contributed by atoms with Gasteiger partial charge >= 0.3 is 0 Å². The first-order chi connectivity index (χ1) is 9.53. The molecule has 0 aliphatic carbocycles. The summed E-state index contributed by atoms with van der Waals surface area (Å²) in [6.45, 7) is 3.17. The lowest BCUT2D eigenvalue weighted by Gasteiger charge is -2.03. The monoisotopic (exact) mass is 298 g/mol. The molecule has 2 rings (SSSR count). The minimum Gasteiger partial charge on any atom is -0.330 e. The second-order valence-electron chi connectivity index (χ2n) is 4.43. The average Bonchev–Trinajstić information content (AvgIpc) is 3.03. The number of H-pyrrole nitrogens is 1. The summed E-state index contributed by atoms with van der Waals surface area (Å²) in [6.07, 6.45) is 5.19. The van der Waals surface area contributed by atoms with Crippen LogP contribution in [0.1, 0.15) is 17.7 Å². The first kappa shape index (κ1) is 14.7. The lowest BCUT2D eigenvalue weighted by atomic mass is 10.3. The molecule has 0 radical (unpaired) electrons. The number of aryl methyl sites for hydroxylation is 2. The number of hydrogen-bond acceptors (Lipinski definition) is 5. The first-order valence-electron chi connectivity index (χ1n) is 6.24. The Labute approximate surface area is 117 Å². The highest BCUT2D eigenvalue weighted by Crippen LogP contribution is 2.09. The molecule has 9 heteroatoms. The molecule has 4 N–H and O–H groups in total. The summed E-state index contributed by atoms with van der Waals surface area (Å²) in [7, 11) is -3.56. The highest BCUT2D eigenvalue weighted by atomic mass is 32.2. The van der Waals surface area contributed by atoms with Crippen LogP contribution in [0, 0.1) is 6.92 Å². The molecule has 0 aromatic carbocycles. The van der Waals surface area contributed by atoms with Gasteiger partial charge in [-0.2, -0.15) is 10.2 Å². The second-order valence-corrected chi connectivity index (χ2v) is 6.19. The fraction of sp³-hybridized carbons (Fsp3) is 0.455. The van der Waals surface area contributed by atoms with Gasteiger partial charge in [-0.15, -0.1) is 0 Å². The van der Waals surface area contributed by atoms with Crippen LogP contribution in [0.15, 0.2) is 23.5 Å². The van der Waals surface area contributed by atoms with Crippen LogP contribution < -0.4 is 10.5 Å². The van der Waals surface area contributed by atoms with Crippen LogP contribution in [0.2, 0.25) is 0 Å². The molecule has 0 saturated heterocycles. The maximum Gasteiger partial charge on any atom is 0.243 e. The van der Waals surface area contributed by atoms with Crippen molar-refractivity contribution in [3.05, 3.63) is 29.8 Å². The van der Waals surface area contributed by atoms with E-state index in [0.717, 1.165) is 17.7 Å². The third kappa shape index (κ3) is 3.44. The zero-order chi connectivity index (χ0) is 14.6. The molecule has 0 saturated carbocycles. The molecular formula is C11H18N6O2S. The highest BCUT2D eigenvalue weighted by Gasteiger charge is 2.16. The summed E-state index contributed by atoms with van der Waals surface area (Å²) in [6, 6.07) is 0. The van der Waals surface area contributed by atoms with E-state index >= 15 is 0 Å². The summed E-state index contributed by atoms with van der Waals surface area (Å²) < 4.78 is 28.3. The predicted molar refractivity (Wildman–Crippen MR) is 73.2 cm³/mol. The Hall–Kier alpha value is -1.71. The Morgan fingerprint density at radius 2 is 2.25 bits per heavy atom. The summed E-state index contributed by atoms with van der Waals surface area (Å²) in [5, 5.41) is 10.6. The van der Waals surface area contributed by atoms with E-state index in [-0.39, 0.29) is 11.4 Å². The molecule has 8 nitrogen and oxygen atoms in total. The quantitative estimate of drug-likeness (QED) is 0.651. The van der Waals surface area contributed by atoms with Crippen LogP contribution in [-0.2, 0) is 23.1 Å². The lowest BCUT2D eigenvalue weighted by Crippen LogP contribution is -2.23. The van der Waals surface area contributed by atoms with Crippen molar-refractivity contribution in [1.82, 2.24) is 24.7 Å². The molecule has 110 valence electrons. The maximum atomic E-state index is 12.1. The van der Waals surface area contributed by atoms with Crippen molar-refractivity contribution >= 4 is 10.0 Å². The zero-order valence-corrected chi connectivity index (χ0v) is 12.0. The minimum absolute atomic E-state index is 0.149. The molecular weight excluding hydrogens is 280 g/mol. The fourth-order valence-corrected chi connectivity index (χ4v) is 2.63. The Kier molecular flexibility index (Phi) is 4.53. The smallest absolute Gasteiger partial charge is 0.243 e. The van der Waals surface area contributed by atoms with Crippen molar-refractivity contribution in [2.75, 3.05) is 6.54 Å². The minimum atomic E-state index is -3.56. The third-order valence-electron chi connectivity index (χ3n) is 2.90. The normalized spacial score (nSPS) is 11.9. The van der Waals surface area contributed by atoms with Crippen molar-refractivity contribution in [2.24, 2.45) is 5.73 Å². The van der Waals surface area contributed by atoms with Gasteiger partial charge in [-0.25, -0.2) is 13.1 Å². The number of nitrogens with one attached hydrogen (secondary N) is 2. The lowest BCUT2D eigenvalue weighted by molar-refractivity contribution is 0.576. The number of aromatic nitrogens is 4. The summed E-state index contributed by atoms with van der Waals surface area (Å²) in [5.74, 6) is 0. The van der Waals surface area contributed by atoms with Gasteiger partial charge < -0.3 is 5.73 Å². The molecule has 2 heterocycles. The van der Waals surface area contributed by atoms with Crippen molar-refractivity contribution in [3.8, 4) is 0 Å². The number of nitrogens with zero attached hydrogens (tertiary/aromatic N) is 3. The molecule has 0 spiro atoms. The van der Waals surface area contributed by atoms with Gasteiger partial charge in [0.1, 0.15) is 4.90 Å². The molecule has 20 heavy (non-hydrogen) atoms. The molecule has 2 aromatic rings. The SMILES string of the molecule is Cc1[nH]ncc1CNS(=O)(=O)c1cnn(CCCN)c1. The van der Waals surface area contributed by atoms with Gasteiger partial charge in [0.05, 0.1) is 12.4 Å². The van der Waals surface area contributed by atoms with Crippen molar-refractivity contribution in [2.45, 2.75) is 31.3 Å². The largest absolute Gasteiger partial charge is 0.330 e. The van der Waals surface area contributed by atoms with Crippen LogP contribution >= 0.6 is 0 Å². The number of hydrogen-bond donors (Lipinski definition) is 3. The Balaban J connectivity index is 2.03. The molecule has 0 aliphatic rings. The van der Waals surface area contributed by atoms with Gasteiger partial charge in [-0.05, 0) is 19.9 Å². The average molecular weight is 298 g/mol. The topological polar surface area (TPSA) is 119 Å². The van der Waals surface area contributed by atoms with Gasteiger partial charge in [0.25, 0.3) is 0 Å². The van der Waals surface area contributed by atoms with Gasteiger partial charge in [-0.1, -0.05) is 0 Å². The molecule has 2 aromatic heterocycles. The van der Waals surface area contributed by atoms with Crippen LogP contribution in [-0.4, -0.2) is 34.9 Å². The predicted octanol–water partition coefficient (Wildman–Crippen LogP) is -0.258. The van der Waals surface area contributed by atoms with Crippen LogP contribution in [0.25, 0.3) is 0 Å². The summed E-state index contributed by atoms with van der Waals surface area (Å²) in [5.41, 5.74) is 7.05. The van der Waals surface area contributed by atoms with Crippen LogP contribution in [0.5, 0.6) is 0 Å². The van der Waals surface area contributed by atoms with E-state index in [1.165, 1.54) is 12.4 Å². The van der Waals surface area contributed by atoms with Gasteiger partial charge in [-0.3, -0.25) is 9.78 Å². The number of aromatic amines is 1. The van der Waals surface area contributed by atoms with E-state index in [9.17, 15) is 8.42 Å². The van der Waals surface area contributed by atoms with E-state index in [1.807, 2.05) is 6.92 Å².